The molecule has 0 heterocycles. The second-order valence-electron chi connectivity index (χ2n) is 9.95. The van der Waals surface area contributed by atoms with Crippen LogP contribution in [0.1, 0.15) is 162 Å². The molecule has 0 amide bonds. The maximum atomic E-state index is 12.2. The summed E-state index contributed by atoms with van der Waals surface area (Å²) in [5.74, 6) is -1.11. The van der Waals surface area contributed by atoms with E-state index in [1.54, 1.807) is 0 Å². The Kier molecular flexibility index (Phi) is 25.3. The molecule has 0 aliphatic heterocycles. The standard InChI is InChI=1S/C30H56O4/c1-3-5-7-9-11-13-14-15-16-18-20-22-24-26-30(33)34-28(27-29(31)32)25-23-21-19-17-12-10-8-6-4-2/h13-14,28H,3-12,15-27H2,1-2H3,(H,31,32)/b14-13-. The van der Waals surface area contributed by atoms with Crippen molar-refractivity contribution in [2.24, 2.45) is 0 Å². The number of carboxylic acid groups (broad SMARTS) is 1. The first-order valence-corrected chi connectivity index (χ1v) is 14.7. The van der Waals surface area contributed by atoms with Crippen LogP contribution in [0.5, 0.6) is 0 Å². The van der Waals surface area contributed by atoms with Crippen LogP contribution < -0.4 is 0 Å². The van der Waals surface area contributed by atoms with E-state index in [9.17, 15) is 9.59 Å². The number of hydrogen-bond donors (Lipinski definition) is 1. The minimum Gasteiger partial charge on any atom is -0.481 e. The first kappa shape index (κ1) is 32.7. The number of esters is 1. The number of carbonyl (C=O) groups excluding carboxylic acids is 1. The molecule has 0 aliphatic rings. The molecule has 200 valence electrons. The van der Waals surface area contributed by atoms with Crippen LogP contribution in [0.4, 0.5) is 0 Å². The summed E-state index contributed by atoms with van der Waals surface area (Å²) in [5.41, 5.74) is 0. The van der Waals surface area contributed by atoms with E-state index in [2.05, 4.69) is 26.0 Å². The fourth-order valence-electron chi connectivity index (χ4n) is 4.31. The minimum atomic E-state index is -0.885. The molecule has 1 N–H and O–H groups in total. The molecule has 4 heteroatoms. The molecule has 0 aromatic heterocycles. The molecule has 0 fully saturated rings. The Hall–Kier alpha value is -1.32. The number of allylic oxidation sites excluding steroid dienone is 2. The van der Waals surface area contributed by atoms with Crippen molar-refractivity contribution in [1.82, 2.24) is 0 Å². The summed E-state index contributed by atoms with van der Waals surface area (Å²) < 4.78 is 5.51. The highest BCUT2D eigenvalue weighted by Gasteiger charge is 2.17. The number of carboxylic acids is 1. The lowest BCUT2D eigenvalue weighted by atomic mass is 10.0. The lowest BCUT2D eigenvalue weighted by molar-refractivity contribution is -0.153. The van der Waals surface area contributed by atoms with Gasteiger partial charge in [0.05, 0.1) is 6.42 Å². The number of carbonyl (C=O) groups is 2. The van der Waals surface area contributed by atoms with E-state index in [0.717, 1.165) is 38.5 Å². The van der Waals surface area contributed by atoms with Crippen molar-refractivity contribution < 1.29 is 19.4 Å². The quantitative estimate of drug-likeness (QED) is 0.0760. The summed E-state index contributed by atoms with van der Waals surface area (Å²) in [7, 11) is 0. The number of hydrogen-bond acceptors (Lipinski definition) is 3. The minimum absolute atomic E-state index is 0.0745. The third-order valence-electron chi connectivity index (χ3n) is 6.47. The van der Waals surface area contributed by atoms with Crippen molar-refractivity contribution in [2.75, 3.05) is 0 Å². The van der Waals surface area contributed by atoms with Gasteiger partial charge in [-0.1, -0.05) is 116 Å². The normalized spacial score (nSPS) is 12.3. The SMILES string of the molecule is CCCCCC/C=C\CCCCCCCC(=O)OC(CCCCCCCCCCC)CC(=O)O. The van der Waals surface area contributed by atoms with E-state index in [-0.39, 0.29) is 12.4 Å². The van der Waals surface area contributed by atoms with Crippen LogP contribution in [0.2, 0.25) is 0 Å². The Balaban J connectivity index is 3.73. The zero-order valence-electron chi connectivity index (χ0n) is 22.7. The zero-order chi connectivity index (χ0) is 25.1. The van der Waals surface area contributed by atoms with Crippen molar-refractivity contribution in [3.05, 3.63) is 12.2 Å². The summed E-state index contributed by atoms with van der Waals surface area (Å²) >= 11 is 0. The highest BCUT2D eigenvalue weighted by Crippen LogP contribution is 2.16. The van der Waals surface area contributed by atoms with Crippen molar-refractivity contribution in [3.63, 3.8) is 0 Å². The second-order valence-corrected chi connectivity index (χ2v) is 9.95. The highest BCUT2D eigenvalue weighted by atomic mass is 16.5. The molecule has 0 radical (unpaired) electrons. The van der Waals surface area contributed by atoms with Crippen LogP contribution in [0.3, 0.4) is 0 Å². The maximum absolute atomic E-state index is 12.2. The Morgan fingerprint density at radius 3 is 1.62 bits per heavy atom. The van der Waals surface area contributed by atoms with Gasteiger partial charge in [0.2, 0.25) is 0 Å². The summed E-state index contributed by atoms with van der Waals surface area (Å²) in [6.45, 7) is 4.48. The van der Waals surface area contributed by atoms with Gasteiger partial charge in [-0.05, 0) is 44.9 Å². The number of rotatable bonds is 26. The van der Waals surface area contributed by atoms with Crippen LogP contribution in [-0.2, 0) is 14.3 Å². The highest BCUT2D eigenvalue weighted by molar-refractivity contribution is 5.71. The van der Waals surface area contributed by atoms with Crippen LogP contribution in [0, 0.1) is 0 Å². The Bertz CT molecular complexity index is 486. The molecule has 4 nitrogen and oxygen atoms in total. The van der Waals surface area contributed by atoms with Crippen LogP contribution in [-0.4, -0.2) is 23.1 Å². The predicted molar refractivity (Wildman–Crippen MR) is 144 cm³/mol. The average molecular weight is 481 g/mol. The van der Waals surface area contributed by atoms with Gasteiger partial charge in [0.15, 0.2) is 0 Å². The van der Waals surface area contributed by atoms with Crippen LogP contribution in [0.15, 0.2) is 12.2 Å². The summed E-state index contributed by atoms with van der Waals surface area (Å²) in [6, 6.07) is 0. The fourth-order valence-corrected chi connectivity index (χ4v) is 4.31. The number of ether oxygens (including phenoxy) is 1. The number of aliphatic carboxylic acids is 1. The van der Waals surface area contributed by atoms with Gasteiger partial charge in [0, 0.05) is 6.42 Å². The molecule has 0 aliphatic carbocycles. The molecule has 0 spiro atoms. The second kappa shape index (κ2) is 26.3. The van der Waals surface area contributed by atoms with Gasteiger partial charge in [-0.2, -0.15) is 0 Å². The van der Waals surface area contributed by atoms with E-state index in [0.29, 0.717) is 12.8 Å². The average Bonchev–Trinajstić information content (AvgIpc) is 2.80. The van der Waals surface area contributed by atoms with Gasteiger partial charge in [-0.3, -0.25) is 9.59 Å². The van der Waals surface area contributed by atoms with Gasteiger partial charge in [-0.15, -0.1) is 0 Å². The molecule has 1 unspecified atom stereocenters. The molecule has 34 heavy (non-hydrogen) atoms. The third-order valence-corrected chi connectivity index (χ3v) is 6.47. The van der Waals surface area contributed by atoms with Gasteiger partial charge < -0.3 is 9.84 Å². The largest absolute Gasteiger partial charge is 0.481 e. The fraction of sp³-hybridized carbons (Fsp3) is 0.867. The lowest BCUT2D eigenvalue weighted by Gasteiger charge is -2.16. The van der Waals surface area contributed by atoms with Crippen molar-refractivity contribution in [1.29, 1.82) is 0 Å². The molecule has 0 bridgehead atoms. The monoisotopic (exact) mass is 480 g/mol. The van der Waals surface area contributed by atoms with Crippen LogP contribution >= 0.6 is 0 Å². The molecule has 0 rings (SSSR count). The smallest absolute Gasteiger partial charge is 0.307 e. The Labute approximate surface area is 211 Å². The topological polar surface area (TPSA) is 63.6 Å². The lowest BCUT2D eigenvalue weighted by Crippen LogP contribution is -2.21. The van der Waals surface area contributed by atoms with E-state index in [4.69, 9.17) is 9.84 Å². The first-order chi connectivity index (χ1) is 16.6. The molecule has 0 aromatic rings. The molecular weight excluding hydrogens is 424 g/mol. The van der Waals surface area contributed by atoms with Gasteiger partial charge in [0.25, 0.3) is 0 Å². The number of unbranched alkanes of at least 4 members (excludes halogenated alkanes) is 17. The van der Waals surface area contributed by atoms with E-state index < -0.39 is 12.1 Å². The maximum Gasteiger partial charge on any atom is 0.307 e. The van der Waals surface area contributed by atoms with Gasteiger partial charge in [0.1, 0.15) is 6.10 Å². The molecule has 0 aromatic carbocycles. The van der Waals surface area contributed by atoms with Crippen molar-refractivity contribution >= 4 is 11.9 Å². The first-order valence-electron chi connectivity index (χ1n) is 14.7. The molecule has 1 atom stereocenters. The summed E-state index contributed by atoms with van der Waals surface area (Å²) in [4.78, 5) is 23.3. The van der Waals surface area contributed by atoms with Gasteiger partial charge >= 0.3 is 11.9 Å². The zero-order valence-corrected chi connectivity index (χ0v) is 22.7. The predicted octanol–water partition coefficient (Wildman–Crippen LogP) is 9.55. The van der Waals surface area contributed by atoms with Crippen molar-refractivity contribution in [2.45, 2.75) is 168 Å². The van der Waals surface area contributed by atoms with Gasteiger partial charge in [-0.25, -0.2) is 0 Å². The summed E-state index contributed by atoms with van der Waals surface area (Å²) in [6.07, 6.45) is 29.3. The Morgan fingerprint density at radius 2 is 1.09 bits per heavy atom. The van der Waals surface area contributed by atoms with Crippen LogP contribution in [0.25, 0.3) is 0 Å². The van der Waals surface area contributed by atoms with E-state index >= 15 is 0 Å². The molecule has 0 saturated heterocycles. The van der Waals surface area contributed by atoms with E-state index in [1.807, 2.05) is 0 Å². The third kappa shape index (κ3) is 25.3. The molecular formula is C30H56O4. The molecule has 0 saturated carbocycles. The van der Waals surface area contributed by atoms with Crippen molar-refractivity contribution in [3.8, 4) is 0 Å². The Morgan fingerprint density at radius 1 is 0.647 bits per heavy atom. The summed E-state index contributed by atoms with van der Waals surface area (Å²) in [5, 5.41) is 9.14. The van der Waals surface area contributed by atoms with E-state index in [1.165, 1.54) is 89.9 Å².